The van der Waals surface area contributed by atoms with Crippen LogP contribution in [0.15, 0.2) is 28.0 Å². The molecule has 0 aliphatic rings. The van der Waals surface area contributed by atoms with Crippen LogP contribution in [0, 0.1) is 5.82 Å². The largest absolute Gasteiger partial charge is 0.419 e. The van der Waals surface area contributed by atoms with Crippen molar-refractivity contribution in [2.45, 2.75) is 12.6 Å². The molecule has 0 aliphatic heterocycles. The molecule has 152 valence electrons. The van der Waals surface area contributed by atoms with Crippen LogP contribution in [0.3, 0.4) is 0 Å². The van der Waals surface area contributed by atoms with Gasteiger partial charge in [-0.25, -0.2) is 9.02 Å². The van der Waals surface area contributed by atoms with Gasteiger partial charge < -0.3 is 15.3 Å². The molecule has 0 spiro atoms. The number of amides is 1. The molecular formula is C15H15F4N5O4. The summed E-state index contributed by atoms with van der Waals surface area (Å²) in [5.74, 6) is -1.85. The molecule has 9 nitrogen and oxygen atoms in total. The molecule has 1 heterocycles. The lowest BCUT2D eigenvalue weighted by Gasteiger charge is -2.19. The third-order valence-corrected chi connectivity index (χ3v) is 3.37. The van der Waals surface area contributed by atoms with E-state index in [9.17, 15) is 22.4 Å². The minimum Gasteiger partial charge on any atom is -0.397 e. The van der Waals surface area contributed by atoms with E-state index in [0.717, 1.165) is 13.2 Å². The summed E-state index contributed by atoms with van der Waals surface area (Å²) in [4.78, 5) is 16.9. The molecule has 1 aromatic carbocycles. The topological polar surface area (TPSA) is 113 Å². The monoisotopic (exact) mass is 405 g/mol. The molecule has 2 rings (SSSR count). The number of nitrogens with one attached hydrogen (secondary N) is 1. The van der Waals surface area contributed by atoms with Crippen molar-refractivity contribution in [2.24, 2.45) is 5.16 Å². The average Bonchev–Trinajstić information content (AvgIpc) is 3.10. The fourth-order valence-corrected chi connectivity index (χ4v) is 2.14. The Morgan fingerprint density at radius 3 is 2.79 bits per heavy atom. The van der Waals surface area contributed by atoms with Crippen molar-refractivity contribution >= 4 is 23.8 Å². The number of rotatable bonds is 8. The zero-order chi connectivity index (χ0) is 20.7. The van der Waals surface area contributed by atoms with Gasteiger partial charge in [-0.05, 0) is 34.9 Å². The molecule has 13 heteroatoms. The number of amidine groups is 1. The molecule has 2 aromatic rings. The number of aromatic nitrogens is 2. The van der Waals surface area contributed by atoms with Crippen molar-refractivity contribution in [3.05, 3.63) is 35.3 Å². The third-order valence-electron chi connectivity index (χ3n) is 3.37. The Hall–Kier alpha value is -3.22. The van der Waals surface area contributed by atoms with E-state index in [0.29, 0.717) is 23.5 Å². The Kier molecular flexibility index (Phi) is 6.87. The lowest BCUT2D eigenvalue weighted by molar-refractivity contribution is -0.140. The first-order chi connectivity index (χ1) is 13.3. The summed E-state index contributed by atoms with van der Waals surface area (Å²) in [5, 5.41) is 22.3. The molecule has 2 N–H and O–H groups in total. The number of aliphatic hydroxyl groups excluding tert-OH is 1. The third kappa shape index (κ3) is 4.73. The maximum atomic E-state index is 13.5. The van der Waals surface area contributed by atoms with Crippen LogP contribution < -0.4 is 10.2 Å². The van der Waals surface area contributed by atoms with Gasteiger partial charge in [-0.1, -0.05) is 5.16 Å². The second-order valence-electron chi connectivity index (χ2n) is 5.20. The van der Waals surface area contributed by atoms with Crippen LogP contribution in [0.5, 0.6) is 0 Å². The number of hydrogen-bond donors (Lipinski definition) is 2. The number of halogens is 4. The summed E-state index contributed by atoms with van der Waals surface area (Å²) >= 11 is 0. The predicted octanol–water partition coefficient (Wildman–Crippen LogP) is 1.99. The van der Waals surface area contributed by atoms with Crippen LogP contribution >= 0.6 is 0 Å². The standard InChI is InChI=1S/C15H15F4N5O4/c1-27-23-14(12-13(22-28-21-12)20-5-2-6-25)24(8-26)9-3-4-11(16)10(7-9)15(17,18)19/h3-4,7-8,25H,2,5-6H2,1H3,(H,20,22)/b23-14-. The van der Waals surface area contributed by atoms with E-state index in [2.05, 4.69) is 30.3 Å². The summed E-state index contributed by atoms with van der Waals surface area (Å²) < 4.78 is 57.1. The summed E-state index contributed by atoms with van der Waals surface area (Å²) in [6, 6.07) is 1.97. The number of carbonyl (C=O) groups excluding carboxylic acids is 1. The highest BCUT2D eigenvalue weighted by Gasteiger charge is 2.35. The van der Waals surface area contributed by atoms with E-state index in [1.54, 1.807) is 0 Å². The van der Waals surface area contributed by atoms with Crippen LogP contribution in [0.2, 0.25) is 0 Å². The number of aliphatic hydroxyl groups is 1. The summed E-state index contributed by atoms with van der Waals surface area (Å²) in [6.07, 6.45) is -4.47. The highest BCUT2D eigenvalue weighted by atomic mass is 19.4. The summed E-state index contributed by atoms with van der Waals surface area (Å²) in [7, 11) is 1.14. The van der Waals surface area contributed by atoms with Gasteiger partial charge in [0.1, 0.15) is 12.9 Å². The average molecular weight is 405 g/mol. The Morgan fingerprint density at radius 2 is 2.18 bits per heavy atom. The smallest absolute Gasteiger partial charge is 0.397 e. The van der Waals surface area contributed by atoms with Gasteiger partial charge >= 0.3 is 6.18 Å². The maximum Gasteiger partial charge on any atom is 0.419 e. The van der Waals surface area contributed by atoms with E-state index in [1.165, 1.54) is 0 Å². The van der Waals surface area contributed by atoms with Crippen LogP contribution in [0.25, 0.3) is 0 Å². The van der Waals surface area contributed by atoms with Crippen LogP contribution in [-0.4, -0.2) is 47.9 Å². The first-order valence-electron chi connectivity index (χ1n) is 7.73. The van der Waals surface area contributed by atoms with E-state index in [1.807, 2.05) is 0 Å². The zero-order valence-corrected chi connectivity index (χ0v) is 14.4. The highest BCUT2D eigenvalue weighted by molar-refractivity contribution is 6.19. The second-order valence-corrected chi connectivity index (χ2v) is 5.20. The van der Waals surface area contributed by atoms with Gasteiger partial charge in [0, 0.05) is 13.2 Å². The zero-order valence-electron chi connectivity index (χ0n) is 14.4. The quantitative estimate of drug-likeness (QED) is 0.172. The molecule has 0 radical (unpaired) electrons. The van der Waals surface area contributed by atoms with Gasteiger partial charge in [-0.3, -0.25) is 9.69 Å². The molecule has 0 bridgehead atoms. The molecule has 0 atom stereocenters. The SMILES string of the molecule is CO/N=C(/c1nonc1NCCCO)N(C=O)c1ccc(F)c(C(F)(F)F)c1. The fraction of sp³-hybridized carbons (Fsp3) is 0.333. The number of benzene rings is 1. The maximum absolute atomic E-state index is 13.5. The van der Waals surface area contributed by atoms with Crippen molar-refractivity contribution in [3.8, 4) is 0 Å². The predicted molar refractivity (Wildman–Crippen MR) is 88.0 cm³/mol. The Bertz CT molecular complexity index is 840. The first kappa shape index (κ1) is 21.1. The normalized spacial score (nSPS) is 12.0. The number of hydrogen-bond acceptors (Lipinski definition) is 8. The molecule has 0 unspecified atom stereocenters. The Labute approximate surface area is 155 Å². The molecule has 28 heavy (non-hydrogen) atoms. The Balaban J connectivity index is 2.47. The molecule has 1 amide bonds. The van der Waals surface area contributed by atoms with Gasteiger partial charge in [-0.15, -0.1) is 0 Å². The fourth-order valence-electron chi connectivity index (χ4n) is 2.14. The van der Waals surface area contributed by atoms with Crippen molar-refractivity contribution in [2.75, 3.05) is 30.5 Å². The van der Waals surface area contributed by atoms with Gasteiger partial charge in [0.05, 0.1) is 11.3 Å². The minimum absolute atomic E-state index is 0.00857. The molecule has 0 saturated heterocycles. The van der Waals surface area contributed by atoms with E-state index >= 15 is 0 Å². The highest BCUT2D eigenvalue weighted by Crippen LogP contribution is 2.34. The number of oxime groups is 1. The lowest BCUT2D eigenvalue weighted by atomic mass is 10.1. The van der Waals surface area contributed by atoms with Gasteiger partial charge in [0.25, 0.3) is 0 Å². The van der Waals surface area contributed by atoms with Crippen molar-refractivity contribution in [1.82, 2.24) is 10.3 Å². The lowest BCUT2D eigenvalue weighted by Crippen LogP contribution is -2.32. The van der Waals surface area contributed by atoms with E-state index in [-0.39, 0.29) is 42.6 Å². The molecule has 0 saturated carbocycles. The molecular weight excluding hydrogens is 390 g/mol. The van der Waals surface area contributed by atoms with E-state index < -0.39 is 17.6 Å². The number of nitrogens with zero attached hydrogens (tertiary/aromatic N) is 4. The van der Waals surface area contributed by atoms with Gasteiger partial charge in [-0.2, -0.15) is 13.2 Å². The van der Waals surface area contributed by atoms with Gasteiger partial charge in [0.2, 0.25) is 18.1 Å². The molecule has 0 fully saturated rings. The van der Waals surface area contributed by atoms with Crippen LogP contribution in [-0.2, 0) is 15.8 Å². The van der Waals surface area contributed by atoms with Crippen LogP contribution in [0.4, 0.5) is 29.1 Å². The summed E-state index contributed by atoms with van der Waals surface area (Å²) in [6.45, 7) is 0.150. The van der Waals surface area contributed by atoms with Crippen LogP contribution in [0.1, 0.15) is 17.7 Å². The van der Waals surface area contributed by atoms with E-state index in [4.69, 9.17) is 5.11 Å². The molecule has 1 aromatic heterocycles. The molecule has 0 aliphatic carbocycles. The number of carbonyl (C=O) groups is 1. The second kappa shape index (κ2) is 9.12. The van der Waals surface area contributed by atoms with Crippen molar-refractivity contribution in [1.29, 1.82) is 0 Å². The number of alkyl halides is 3. The summed E-state index contributed by atoms with van der Waals surface area (Å²) in [5.41, 5.74) is -2.05. The van der Waals surface area contributed by atoms with Crippen molar-refractivity contribution in [3.63, 3.8) is 0 Å². The van der Waals surface area contributed by atoms with Crippen molar-refractivity contribution < 1.29 is 36.9 Å². The minimum atomic E-state index is -4.97. The number of anilines is 2. The van der Waals surface area contributed by atoms with Gasteiger partial charge in [0.15, 0.2) is 5.69 Å². The Morgan fingerprint density at radius 1 is 1.43 bits per heavy atom. The first-order valence-corrected chi connectivity index (χ1v) is 7.73.